The van der Waals surface area contributed by atoms with Gasteiger partial charge in [0.05, 0.1) is 16.8 Å². The minimum atomic E-state index is -0.814. The molecule has 31 heavy (non-hydrogen) atoms. The number of tetrazole rings is 1. The van der Waals surface area contributed by atoms with Gasteiger partial charge >= 0.3 is 12.1 Å². The van der Waals surface area contributed by atoms with Crippen LogP contribution in [-0.4, -0.2) is 55.9 Å². The number of carbonyl (C=O) groups is 2. The van der Waals surface area contributed by atoms with E-state index in [0.29, 0.717) is 48.1 Å². The van der Waals surface area contributed by atoms with Crippen LogP contribution in [0, 0.1) is 0 Å². The number of aromatic nitrogens is 5. The van der Waals surface area contributed by atoms with E-state index in [1.807, 2.05) is 18.2 Å². The molecule has 0 bridgehead atoms. The fraction of sp³-hybridized carbons (Fsp3) is 0.474. The number of carboxylic acid groups (broad SMARTS) is 1. The Morgan fingerprint density at radius 2 is 2.06 bits per heavy atom. The fourth-order valence-corrected chi connectivity index (χ4v) is 4.12. The molecule has 0 fully saturated rings. The monoisotopic (exact) mass is 464 g/mol. The Hall–Kier alpha value is -2.73. The van der Waals surface area contributed by atoms with Crippen LogP contribution in [0.5, 0.6) is 0 Å². The van der Waals surface area contributed by atoms with Crippen molar-refractivity contribution in [2.45, 2.75) is 49.3 Å². The van der Waals surface area contributed by atoms with Crippen LogP contribution in [0.25, 0.3) is 10.2 Å². The number of ether oxygens (including phenoxy) is 1. The highest BCUT2D eigenvalue weighted by atomic mass is 32.2. The van der Waals surface area contributed by atoms with Crippen molar-refractivity contribution in [3.63, 3.8) is 0 Å². The van der Waals surface area contributed by atoms with Crippen molar-refractivity contribution in [2.24, 2.45) is 0 Å². The van der Waals surface area contributed by atoms with Gasteiger partial charge in [-0.1, -0.05) is 5.21 Å². The lowest BCUT2D eigenvalue weighted by molar-refractivity contribution is -0.137. The van der Waals surface area contributed by atoms with Gasteiger partial charge in [-0.2, -0.15) is 5.21 Å². The predicted octanol–water partition coefficient (Wildman–Crippen LogP) is 3.71. The van der Waals surface area contributed by atoms with Crippen LogP contribution in [-0.2, 0) is 16.0 Å². The Morgan fingerprint density at radius 1 is 1.19 bits per heavy atom. The number of carbonyl (C=O) groups excluding carboxylic acids is 1. The molecule has 0 unspecified atom stereocenters. The van der Waals surface area contributed by atoms with E-state index in [0.717, 1.165) is 23.1 Å². The average molecular weight is 465 g/mol. The Labute approximate surface area is 188 Å². The molecule has 3 aromatic rings. The number of carboxylic acids is 1. The summed E-state index contributed by atoms with van der Waals surface area (Å²) in [5.74, 6) is -0.175. The largest absolute Gasteiger partial charge is 0.481 e. The molecule has 0 aliphatic heterocycles. The minimum absolute atomic E-state index is 0.126. The third-order valence-corrected chi connectivity index (χ3v) is 5.79. The van der Waals surface area contributed by atoms with E-state index < -0.39 is 12.1 Å². The molecule has 166 valence electrons. The molecule has 1 amide bonds. The number of hydrogen-bond acceptors (Lipinski definition) is 9. The summed E-state index contributed by atoms with van der Waals surface area (Å²) in [6.07, 6.45) is 3.77. The van der Waals surface area contributed by atoms with Gasteiger partial charge in [0.25, 0.3) is 0 Å². The number of fused-ring (bicyclic) bond motifs is 1. The van der Waals surface area contributed by atoms with E-state index in [4.69, 9.17) is 9.84 Å². The molecule has 2 N–H and O–H groups in total. The number of hydrogen-bond donors (Lipinski definition) is 3. The van der Waals surface area contributed by atoms with E-state index in [9.17, 15) is 9.59 Å². The summed E-state index contributed by atoms with van der Waals surface area (Å²) >= 11 is 5.78. The molecule has 0 aliphatic carbocycles. The first-order chi connectivity index (χ1) is 15.0. The second kappa shape index (κ2) is 11.6. The Bertz CT molecular complexity index is 995. The third-order valence-electron chi connectivity index (χ3n) is 4.57. The SMILES string of the molecule is O=C(O)CCCCCOC(=O)N(CCCCc1nn[nH]n1)c1ccc2sc(S)nc2c1. The summed E-state index contributed by atoms with van der Waals surface area (Å²) in [7, 11) is 0. The van der Waals surface area contributed by atoms with Crippen LogP contribution in [0.15, 0.2) is 22.5 Å². The number of thiol groups is 1. The maximum Gasteiger partial charge on any atom is 0.414 e. The molecule has 3 rings (SSSR count). The standard InChI is InChI=1S/C19H24N6O4S2/c26-17(27)7-2-1-5-11-29-19(28)25(10-4-3-6-16-21-23-24-22-16)13-8-9-15-14(12-13)20-18(30)31-15/h8-9,12H,1-7,10-11H2,(H,20,30)(H,26,27)(H,21,22,23,24). The first kappa shape index (κ1) is 22.9. The van der Waals surface area contributed by atoms with Crippen LogP contribution < -0.4 is 4.90 Å². The molecule has 0 spiro atoms. The Kier molecular flexibility index (Phi) is 8.59. The highest BCUT2D eigenvalue weighted by Gasteiger charge is 2.18. The van der Waals surface area contributed by atoms with Crippen LogP contribution >= 0.6 is 24.0 Å². The van der Waals surface area contributed by atoms with E-state index in [-0.39, 0.29) is 13.0 Å². The number of nitrogens with one attached hydrogen (secondary N) is 1. The van der Waals surface area contributed by atoms with E-state index in [1.54, 1.807) is 4.90 Å². The second-order valence-corrected chi connectivity index (χ2v) is 8.66. The van der Waals surface area contributed by atoms with Gasteiger partial charge in [0, 0.05) is 25.1 Å². The maximum atomic E-state index is 12.8. The van der Waals surface area contributed by atoms with Gasteiger partial charge in [-0.15, -0.1) is 34.2 Å². The second-order valence-electron chi connectivity index (χ2n) is 6.90. The summed E-state index contributed by atoms with van der Waals surface area (Å²) in [6.45, 7) is 0.719. The number of nitrogens with zero attached hydrogens (tertiary/aromatic N) is 5. The van der Waals surface area contributed by atoms with Crippen molar-refractivity contribution in [1.82, 2.24) is 25.6 Å². The molecule has 0 radical (unpaired) electrons. The number of thiazole rings is 1. The predicted molar refractivity (Wildman–Crippen MR) is 119 cm³/mol. The Morgan fingerprint density at radius 3 is 2.84 bits per heavy atom. The molecule has 10 nitrogen and oxygen atoms in total. The van der Waals surface area contributed by atoms with Gasteiger partial charge < -0.3 is 9.84 Å². The Balaban J connectivity index is 1.58. The molecule has 0 aliphatic rings. The van der Waals surface area contributed by atoms with Gasteiger partial charge in [-0.05, 0) is 50.3 Å². The number of aryl methyl sites for hydroxylation is 1. The fourth-order valence-electron chi connectivity index (χ4n) is 3.03. The molecule has 0 saturated heterocycles. The topological polar surface area (TPSA) is 134 Å². The van der Waals surface area contributed by atoms with Crippen molar-refractivity contribution in [3.05, 3.63) is 24.0 Å². The highest BCUT2D eigenvalue weighted by Crippen LogP contribution is 2.28. The molecule has 0 saturated carbocycles. The van der Waals surface area contributed by atoms with Crippen molar-refractivity contribution < 1.29 is 19.4 Å². The zero-order chi connectivity index (χ0) is 22.1. The van der Waals surface area contributed by atoms with Gasteiger partial charge in [-0.3, -0.25) is 9.69 Å². The quantitative estimate of drug-likeness (QED) is 0.273. The number of amides is 1. The summed E-state index contributed by atoms with van der Waals surface area (Å²) < 4.78 is 7.12. The lowest BCUT2D eigenvalue weighted by Crippen LogP contribution is -2.32. The van der Waals surface area contributed by atoms with E-state index in [2.05, 4.69) is 38.2 Å². The first-order valence-electron chi connectivity index (χ1n) is 10.0. The molecule has 2 aromatic heterocycles. The van der Waals surface area contributed by atoms with Crippen LogP contribution in [0.2, 0.25) is 0 Å². The van der Waals surface area contributed by atoms with E-state index in [1.165, 1.54) is 11.3 Å². The molecule has 0 atom stereocenters. The van der Waals surface area contributed by atoms with Gasteiger partial charge in [0.15, 0.2) is 5.82 Å². The normalized spacial score (nSPS) is 11.0. The van der Waals surface area contributed by atoms with Crippen molar-refractivity contribution in [2.75, 3.05) is 18.1 Å². The smallest absolute Gasteiger partial charge is 0.414 e. The zero-order valence-electron chi connectivity index (χ0n) is 16.9. The number of anilines is 1. The molecular weight excluding hydrogens is 440 g/mol. The summed E-state index contributed by atoms with van der Waals surface area (Å²) in [6, 6.07) is 5.66. The number of rotatable bonds is 12. The molecular formula is C19H24N6O4S2. The number of aliphatic carboxylic acids is 1. The van der Waals surface area contributed by atoms with Crippen LogP contribution in [0.1, 0.15) is 44.3 Å². The highest BCUT2D eigenvalue weighted by molar-refractivity contribution is 7.82. The summed E-state index contributed by atoms with van der Waals surface area (Å²) in [4.78, 5) is 29.3. The van der Waals surface area contributed by atoms with Gasteiger partial charge in [0.1, 0.15) is 4.34 Å². The molecule has 2 heterocycles. The third kappa shape index (κ3) is 7.17. The lowest BCUT2D eigenvalue weighted by Gasteiger charge is -2.22. The summed E-state index contributed by atoms with van der Waals surface area (Å²) in [5, 5.41) is 22.5. The number of aromatic amines is 1. The van der Waals surface area contributed by atoms with Crippen molar-refractivity contribution in [3.8, 4) is 0 Å². The van der Waals surface area contributed by atoms with Crippen LogP contribution in [0.3, 0.4) is 0 Å². The van der Waals surface area contributed by atoms with Gasteiger partial charge in [0.2, 0.25) is 0 Å². The molecule has 1 aromatic carbocycles. The maximum absolute atomic E-state index is 12.8. The number of benzene rings is 1. The molecule has 12 heteroatoms. The van der Waals surface area contributed by atoms with E-state index >= 15 is 0 Å². The van der Waals surface area contributed by atoms with Crippen molar-refractivity contribution >= 4 is 51.9 Å². The first-order valence-corrected chi connectivity index (χ1v) is 11.3. The van der Waals surface area contributed by atoms with Crippen molar-refractivity contribution in [1.29, 1.82) is 0 Å². The average Bonchev–Trinajstić information content (AvgIpc) is 3.38. The van der Waals surface area contributed by atoms with Crippen LogP contribution in [0.4, 0.5) is 10.5 Å². The number of unbranched alkanes of at least 4 members (excludes halogenated alkanes) is 3. The zero-order valence-corrected chi connectivity index (χ0v) is 18.6. The minimum Gasteiger partial charge on any atom is -0.481 e. The summed E-state index contributed by atoms with van der Waals surface area (Å²) in [5.41, 5.74) is 1.49. The number of H-pyrrole nitrogens is 1. The lowest BCUT2D eigenvalue weighted by atomic mass is 10.2. The van der Waals surface area contributed by atoms with Gasteiger partial charge in [-0.25, -0.2) is 9.78 Å².